The predicted octanol–water partition coefficient (Wildman–Crippen LogP) is 7.28. The molecule has 1 unspecified atom stereocenters. The molecule has 0 saturated carbocycles. The van der Waals surface area contributed by atoms with Gasteiger partial charge in [-0.2, -0.15) is 13.2 Å². The molecule has 0 saturated heterocycles. The molecule has 0 spiro atoms. The first-order valence-electron chi connectivity index (χ1n) is 16.6. The number of amides is 2. The van der Waals surface area contributed by atoms with E-state index < -0.39 is 53.3 Å². The van der Waals surface area contributed by atoms with Gasteiger partial charge in [-0.05, 0) is 65.9 Å². The largest absolute Gasteiger partial charge is 0.465 e. The van der Waals surface area contributed by atoms with Crippen molar-refractivity contribution in [1.29, 1.82) is 0 Å². The van der Waals surface area contributed by atoms with Crippen LogP contribution in [0, 0.1) is 0 Å². The third kappa shape index (κ3) is 8.92. The number of nitrogens with one attached hydrogen (secondary N) is 1. The Bertz CT molecular complexity index is 1910. The summed E-state index contributed by atoms with van der Waals surface area (Å²) in [6.07, 6.45) is -4.36. The first kappa shape index (κ1) is 39.0. The third-order valence-electron chi connectivity index (χ3n) is 8.31. The maximum atomic E-state index is 13.6. The Morgan fingerprint density at radius 1 is 0.750 bits per heavy atom. The Morgan fingerprint density at radius 2 is 1.40 bits per heavy atom. The average Bonchev–Trinajstić information content (AvgIpc) is 3.12. The van der Waals surface area contributed by atoms with E-state index in [-0.39, 0.29) is 36.3 Å². The lowest BCUT2D eigenvalue weighted by atomic mass is 9.75. The van der Waals surface area contributed by atoms with Gasteiger partial charge in [-0.1, -0.05) is 73.7 Å². The molecule has 0 aliphatic rings. The number of benzene rings is 4. The fourth-order valence-electron chi connectivity index (χ4n) is 5.63. The van der Waals surface area contributed by atoms with Crippen molar-refractivity contribution in [2.45, 2.75) is 44.7 Å². The molecule has 272 valence electrons. The lowest BCUT2D eigenvalue weighted by Crippen LogP contribution is -2.49. The van der Waals surface area contributed by atoms with Crippen LogP contribution in [0.3, 0.4) is 0 Å². The van der Waals surface area contributed by atoms with Gasteiger partial charge in [0.15, 0.2) is 11.2 Å². The van der Waals surface area contributed by atoms with Gasteiger partial charge in [-0.15, -0.1) is 0 Å². The van der Waals surface area contributed by atoms with E-state index in [0.717, 1.165) is 12.1 Å². The minimum Gasteiger partial charge on any atom is -0.465 e. The molecule has 4 aromatic carbocycles. The zero-order valence-electron chi connectivity index (χ0n) is 29.2. The first-order chi connectivity index (χ1) is 24.7. The van der Waals surface area contributed by atoms with Crippen molar-refractivity contribution < 1.29 is 46.6 Å². The molecule has 0 aliphatic heterocycles. The zero-order valence-corrected chi connectivity index (χ0v) is 29.2. The van der Waals surface area contributed by atoms with Gasteiger partial charge in [0.05, 0.1) is 29.8 Å². The number of carbonyl (C=O) groups is 5. The molecule has 1 N–H and O–H groups in total. The van der Waals surface area contributed by atoms with Gasteiger partial charge in [-0.3, -0.25) is 24.0 Å². The lowest BCUT2D eigenvalue weighted by Gasteiger charge is -2.30. The molecule has 9 nitrogen and oxygen atoms in total. The van der Waals surface area contributed by atoms with Crippen molar-refractivity contribution >= 4 is 35.2 Å². The Hall–Kier alpha value is -5.78. The second-order valence-corrected chi connectivity index (χ2v) is 12.2. The summed E-state index contributed by atoms with van der Waals surface area (Å²) in [5, 5.41) is 2.73. The highest BCUT2D eigenvalue weighted by molar-refractivity contribution is 6.12. The Labute approximate surface area is 299 Å². The molecule has 0 aliphatic carbocycles. The van der Waals surface area contributed by atoms with Crippen LogP contribution in [0.15, 0.2) is 97.1 Å². The number of nitrogens with zero attached hydrogens (tertiary/aromatic N) is 1. The molecule has 0 heterocycles. The highest BCUT2D eigenvalue weighted by Gasteiger charge is 2.49. The van der Waals surface area contributed by atoms with E-state index in [1.807, 2.05) is 0 Å². The highest BCUT2D eigenvalue weighted by atomic mass is 19.4. The molecular formula is C40H39F3N2O7. The van der Waals surface area contributed by atoms with E-state index in [1.165, 1.54) is 55.4 Å². The number of hydrogen-bond acceptors (Lipinski definition) is 7. The van der Waals surface area contributed by atoms with Crippen LogP contribution in [0.1, 0.15) is 64.1 Å². The van der Waals surface area contributed by atoms with E-state index in [0.29, 0.717) is 28.7 Å². The molecule has 12 heteroatoms. The number of carbonyl (C=O) groups excluding carboxylic acids is 5. The number of hydrogen-bond donors (Lipinski definition) is 1. The van der Waals surface area contributed by atoms with E-state index in [1.54, 1.807) is 62.4 Å². The standard InChI is InChI=1S/C40H39F3N2O7/c1-5-12-34(46)39(38(50)51-6-2,28-13-8-7-9-14-28)25-52-35(47)24-26-17-22-33(32(23-26)37(49)45(3)4)44-36(48)31-16-11-10-15-30(31)27-18-20-29(21-19-27)40(41,42)43/h7-11,13-23H,5-6,12,24-25H2,1-4H3,(H,44,48). The van der Waals surface area contributed by atoms with Gasteiger partial charge in [0.25, 0.3) is 11.8 Å². The fourth-order valence-corrected chi connectivity index (χ4v) is 5.63. The molecule has 0 aromatic heterocycles. The van der Waals surface area contributed by atoms with Crippen LogP contribution in [-0.2, 0) is 41.9 Å². The van der Waals surface area contributed by atoms with E-state index in [4.69, 9.17) is 9.47 Å². The monoisotopic (exact) mass is 716 g/mol. The summed E-state index contributed by atoms with van der Waals surface area (Å²) in [5.41, 5.74) is -0.934. The molecular weight excluding hydrogens is 677 g/mol. The minimum absolute atomic E-state index is 0.00692. The van der Waals surface area contributed by atoms with E-state index in [2.05, 4.69) is 5.32 Å². The number of ketones is 1. The summed E-state index contributed by atoms with van der Waals surface area (Å²) < 4.78 is 50.3. The molecule has 0 bridgehead atoms. The summed E-state index contributed by atoms with van der Waals surface area (Å²) in [4.78, 5) is 68.3. The number of alkyl halides is 3. The van der Waals surface area contributed by atoms with Gasteiger partial charge < -0.3 is 19.7 Å². The lowest BCUT2D eigenvalue weighted by molar-refractivity contribution is -0.160. The van der Waals surface area contributed by atoms with Gasteiger partial charge in [0, 0.05) is 26.1 Å². The Balaban J connectivity index is 1.60. The van der Waals surface area contributed by atoms with Crippen molar-refractivity contribution in [1.82, 2.24) is 4.90 Å². The second-order valence-electron chi connectivity index (χ2n) is 12.2. The van der Waals surface area contributed by atoms with Crippen LogP contribution in [0.5, 0.6) is 0 Å². The van der Waals surface area contributed by atoms with E-state index >= 15 is 0 Å². The smallest absolute Gasteiger partial charge is 0.416 e. The first-order valence-corrected chi connectivity index (χ1v) is 16.6. The number of halogens is 3. The fraction of sp³-hybridized carbons (Fsp3) is 0.275. The molecule has 4 aromatic rings. The Morgan fingerprint density at radius 3 is 2.02 bits per heavy atom. The van der Waals surface area contributed by atoms with Crippen LogP contribution in [0.2, 0.25) is 0 Å². The zero-order chi connectivity index (χ0) is 38.1. The average molecular weight is 717 g/mol. The number of ether oxygens (including phenoxy) is 2. The Kier molecular flexibility index (Phi) is 12.7. The molecule has 2 amide bonds. The summed E-state index contributed by atoms with van der Waals surface area (Å²) in [6.45, 7) is 2.82. The van der Waals surface area contributed by atoms with Gasteiger partial charge in [0.2, 0.25) is 0 Å². The topological polar surface area (TPSA) is 119 Å². The molecule has 52 heavy (non-hydrogen) atoms. The van der Waals surface area contributed by atoms with Crippen LogP contribution < -0.4 is 5.32 Å². The van der Waals surface area contributed by atoms with Crippen molar-refractivity contribution in [3.05, 3.63) is 125 Å². The van der Waals surface area contributed by atoms with Crippen molar-refractivity contribution in [3.63, 3.8) is 0 Å². The SMILES string of the molecule is CCCC(=O)C(COC(=O)Cc1ccc(NC(=O)c2ccccc2-c2ccc(C(F)(F)F)cc2)c(C(=O)N(C)C)c1)(C(=O)OCC)c1ccccc1. The van der Waals surface area contributed by atoms with Crippen LogP contribution in [-0.4, -0.2) is 61.7 Å². The van der Waals surface area contributed by atoms with Crippen LogP contribution >= 0.6 is 0 Å². The third-order valence-corrected chi connectivity index (χ3v) is 8.31. The number of anilines is 1. The van der Waals surface area contributed by atoms with Crippen molar-refractivity contribution in [2.24, 2.45) is 0 Å². The van der Waals surface area contributed by atoms with Gasteiger partial charge >= 0.3 is 18.1 Å². The number of esters is 2. The van der Waals surface area contributed by atoms with Crippen LogP contribution in [0.4, 0.5) is 18.9 Å². The molecule has 0 fully saturated rings. The van der Waals surface area contributed by atoms with E-state index in [9.17, 15) is 37.1 Å². The van der Waals surface area contributed by atoms with Gasteiger partial charge in [0.1, 0.15) is 6.61 Å². The summed E-state index contributed by atoms with van der Waals surface area (Å²) in [6, 6.07) is 23.5. The molecule has 0 radical (unpaired) electrons. The normalized spacial score (nSPS) is 12.3. The van der Waals surface area contributed by atoms with Crippen molar-refractivity contribution in [3.8, 4) is 11.1 Å². The van der Waals surface area contributed by atoms with Crippen molar-refractivity contribution in [2.75, 3.05) is 32.6 Å². The van der Waals surface area contributed by atoms with Crippen LogP contribution in [0.25, 0.3) is 11.1 Å². The number of Topliss-reactive ketones (excluding diaryl/α,β-unsaturated/α-hetero) is 1. The van der Waals surface area contributed by atoms with Gasteiger partial charge in [-0.25, -0.2) is 0 Å². The number of rotatable bonds is 14. The summed E-state index contributed by atoms with van der Waals surface area (Å²) in [5.74, 6) is -3.17. The summed E-state index contributed by atoms with van der Waals surface area (Å²) >= 11 is 0. The minimum atomic E-state index is -4.52. The highest BCUT2D eigenvalue weighted by Crippen LogP contribution is 2.33. The molecule has 4 rings (SSSR count). The predicted molar refractivity (Wildman–Crippen MR) is 189 cm³/mol. The maximum Gasteiger partial charge on any atom is 0.416 e. The quantitative estimate of drug-likeness (QED) is 0.108. The maximum absolute atomic E-state index is 13.6. The molecule has 1 atom stereocenters. The summed E-state index contributed by atoms with van der Waals surface area (Å²) in [7, 11) is 3.03. The second kappa shape index (κ2) is 17.0.